The molecule has 1 aliphatic carbocycles. The fourth-order valence-corrected chi connectivity index (χ4v) is 3.80. The fourth-order valence-electron chi connectivity index (χ4n) is 3.09. The first-order valence-corrected chi connectivity index (χ1v) is 9.48. The van der Waals surface area contributed by atoms with Crippen LogP contribution in [0.3, 0.4) is 0 Å². The molecule has 0 saturated heterocycles. The van der Waals surface area contributed by atoms with Gasteiger partial charge in [-0.15, -0.1) is 24.2 Å². The summed E-state index contributed by atoms with van der Waals surface area (Å²) in [7, 11) is 0. The zero-order valence-corrected chi connectivity index (χ0v) is 15.7. The van der Waals surface area contributed by atoms with Crippen LogP contribution in [0.25, 0.3) is 11.5 Å². The predicted octanol–water partition coefficient (Wildman–Crippen LogP) is 3.24. The summed E-state index contributed by atoms with van der Waals surface area (Å²) in [4.78, 5) is 16.5. The summed E-state index contributed by atoms with van der Waals surface area (Å²) >= 11 is 1.55. The Balaban J connectivity index is 0.00000225. The molecule has 0 spiro atoms. The molecule has 1 heterocycles. The van der Waals surface area contributed by atoms with Crippen LogP contribution in [0.5, 0.6) is 0 Å². The van der Waals surface area contributed by atoms with Gasteiger partial charge in [0.05, 0.1) is 11.4 Å². The average molecular weight is 382 g/mol. The number of carbonyl (C=O) groups is 1. The van der Waals surface area contributed by atoms with E-state index in [0.717, 1.165) is 30.5 Å². The number of halogens is 1. The topological polar surface area (TPSA) is 81.1 Å². The highest BCUT2D eigenvalue weighted by molar-refractivity contribution is 7.99. The van der Waals surface area contributed by atoms with Crippen molar-refractivity contribution >= 4 is 30.1 Å². The summed E-state index contributed by atoms with van der Waals surface area (Å²) in [5.74, 6) is 2.23. The zero-order chi connectivity index (χ0) is 16.8. The van der Waals surface area contributed by atoms with E-state index >= 15 is 0 Å². The average Bonchev–Trinajstić information content (AvgIpc) is 3.25. The molecule has 0 radical (unpaired) electrons. The molecule has 1 amide bonds. The third-order valence-electron chi connectivity index (χ3n) is 4.36. The minimum atomic E-state index is 0. The molecule has 0 aliphatic heterocycles. The monoisotopic (exact) mass is 381 g/mol. The first-order chi connectivity index (χ1) is 11.8. The van der Waals surface area contributed by atoms with Crippen LogP contribution in [0.2, 0.25) is 0 Å². The molecule has 1 aliphatic rings. The maximum atomic E-state index is 12.1. The Morgan fingerprint density at radius 3 is 2.88 bits per heavy atom. The summed E-state index contributed by atoms with van der Waals surface area (Å²) < 4.78 is 5.51. The van der Waals surface area contributed by atoms with E-state index in [1.54, 1.807) is 18.0 Å². The third-order valence-corrected chi connectivity index (χ3v) is 5.33. The second-order valence-corrected chi connectivity index (χ2v) is 7.09. The number of nitrogens with two attached hydrogens (primary N) is 1. The molecular weight excluding hydrogens is 358 g/mol. The first-order valence-electron chi connectivity index (χ1n) is 8.33. The van der Waals surface area contributed by atoms with Gasteiger partial charge < -0.3 is 15.5 Å². The van der Waals surface area contributed by atoms with Gasteiger partial charge in [0.25, 0.3) is 0 Å². The van der Waals surface area contributed by atoms with Crippen LogP contribution < -0.4 is 11.1 Å². The van der Waals surface area contributed by atoms with Crippen LogP contribution >= 0.6 is 24.2 Å². The molecular formula is C18H24ClN3O2S. The van der Waals surface area contributed by atoms with E-state index in [9.17, 15) is 4.79 Å². The van der Waals surface area contributed by atoms with Gasteiger partial charge in [-0.2, -0.15) is 0 Å². The van der Waals surface area contributed by atoms with Gasteiger partial charge in [0, 0.05) is 17.4 Å². The lowest BCUT2D eigenvalue weighted by molar-refractivity contribution is -0.119. The van der Waals surface area contributed by atoms with Gasteiger partial charge in [0.15, 0.2) is 0 Å². The third kappa shape index (κ3) is 5.49. The molecule has 1 aromatic carbocycles. The molecule has 25 heavy (non-hydrogen) atoms. The maximum absolute atomic E-state index is 12.1. The number of carbonyl (C=O) groups excluding carboxylic acids is 1. The number of rotatable bonds is 7. The summed E-state index contributed by atoms with van der Waals surface area (Å²) in [6, 6.07) is 10.0. The lowest BCUT2D eigenvalue weighted by Gasteiger charge is -2.19. The second kappa shape index (κ2) is 9.85. The molecule has 1 aromatic heterocycles. The summed E-state index contributed by atoms with van der Waals surface area (Å²) in [5.41, 5.74) is 7.56. The lowest BCUT2D eigenvalue weighted by atomic mass is 10.0. The van der Waals surface area contributed by atoms with Gasteiger partial charge in [-0.1, -0.05) is 24.6 Å². The van der Waals surface area contributed by atoms with Gasteiger partial charge in [0.2, 0.25) is 11.8 Å². The van der Waals surface area contributed by atoms with Crippen molar-refractivity contribution in [1.82, 2.24) is 10.3 Å². The molecule has 1 fully saturated rings. The van der Waals surface area contributed by atoms with Gasteiger partial charge in [-0.25, -0.2) is 4.98 Å². The highest BCUT2D eigenvalue weighted by Gasteiger charge is 2.27. The van der Waals surface area contributed by atoms with Crippen molar-refractivity contribution in [3.8, 4) is 11.5 Å². The highest BCUT2D eigenvalue weighted by Crippen LogP contribution is 2.25. The van der Waals surface area contributed by atoms with Gasteiger partial charge in [0.1, 0.15) is 6.26 Å². The second-order valence-electron chi connectivity index (χ2n) is 6.10. The Bertz CT molecular complexity index is 665. The van der Waals surface area contributed by atoms with E-state index in [4.69, 9.17) is 10.2 Å². The Morgan fingerprint density at radius 1 is 1.32 bits per heavy atom. The molecule has 7 heteroatoms. The van der Waals surface area contributed by atoms with Crippen molar-refractivity contribution in [2.24, 2.45) is 11.7 Å². The van der Waals surface area contributed by atoms with Gasteiger partial charge in [-0.3, -0.25) is 4.79 Å². The van der Waals surface area contributed by atoms with Crippen LogP contribution in [0.15, 0.2) is 41.0 Å². The number of aromatic nitrogens is 1. The van der Waals surface area contributed by atoms with Crippen molar-refractivity contribution in [2.45, 2.75) is 31.1 Å². The normalized spacial score (nSPS) is 19.4. The lowest BCUT2D eigenvalue weighted by Crippen LogP contribution is -2.40. The summed E-state index contributed by atoms with van der Waals surface area (Å²) in [6.45, 7) is 0.652. The summed E-state index contributed by atoms with van der Waals surface area (Å²) in [5, 5.41) is 3.11. The molecule has 2 unspecified atom stereocenters. The van der Waals surface area contributed by atoms with Crippen molar-refractivity contribution in [1.29, 1.82) is 0 Å². The highest BCUT2D eigenvalue weighted by atomic mass is 35.5. The van der Waals surface area contributed by atoms with Crippen LogP contribution in [-0.4, -0.2) is 29.2 Å². The number of thioether (sulfide) groups is 1. The van der Waals surface area contributed by atoms with E-state index in [1.165, 1.54) is 0 Å². The van der Waals surface area contributed by atoms with Crippen LogP contribution in [0.1, 0.15) is 25.0 Å². The molecule has 136 valence electrons. The first kappa shape index (κ1) is 19.8. The smallest absolute Gasteiger partial charge is 0.230 e. The van der Waals surface area contributed by atoms with Crippen molar-refractivity contribution in [3.05, 3.63) is 42.3 Å². The molecule has 2 atom stereocenters. The minimum absolute atomic E-state index is 0. The van der Waals surface area contributed by atoms with E-state index in [-0.39, 0.29) is 24.4 Å². The number of nitrogens with zero attached hydrogens (tertiary/aromatic N) is 1. The molecule has 5 nitrogen and oxygen atoms in total. The van der Waals surface area contributed by atoms with Crippen molar-refractivity contribution in [3.63, 3.8) is 0 Å². The molecule has 3 N–H and O–H groups in total. The molecule has 2 aromatic rings. The van der Waals surface area contributed by atoms with Crippen molar-refractivity contribution in [2.75, 3.05) is 12.3 Å². The van der Waals surface area contributed by atoms with E-state index in [2.05, 4.69) is 10.3 Å². The van der Waals surface area contributed by atoms with Crippen molar-refractivity contribution < 1.29 is 9.21 Å². The van der Waals surface area contributed by atoms with Gasteiger partial charge >= 0.3 is 0 Å². The SMILES string of the molecule is Cl.NCC1CCCC1NC(=O)CSCc1coc(-c2ccccc2)n1. The van der Waals surface area contributed by atoms with E-state index in [1.807, 2.05) is 30.3 Å². The Hall–Kier alpha value is -1.50. The number of hydrogen-bond acceptors (Lipinski definition) is 5. The fraction of sp³-hybridized carbons (Fsp3) is 0.444. The van der Waals surface area contributed by atoms with Crippen LogP contribution in [-0.2, 0) is 10.5 Å². The largest absolute Gasteiger partial charge is 0.444 e. The summed E-state index contributed by atoms with van der Waals surface area (Å²) in [6.07, 6.45) is 4.98. The number of hydrogen-bond donors (Lipinski definition) is 2. The predicted molar refractivity (Wildman–Crippen MR) is 104 cm³/mol. The standard InChI is InChI=1S/C18H23N3O2S.ClH/c19-9-14-7-4-8-16(14)21-17(22)12-24-11-15-10-23-18(20-15)13-5-2-1-3-6-13;/h1-3,5-6,10,14,16H,4,7-9,11-12,19H2,(H,21,22);1H. The number of nitrogens with one attached hydrogen (secondary N) is 1. The van der Waals surface area contributed by atoms with E-state index in [0.29, 0.717) is 29.9 Å². The van der Waals surface area contributed by atoms with Crippen LogP contribution in [0, 0.1) is 5.92 Å². The maximum Gasteiger partial charge on any atom is 0.230 e. The van der Waals surface area contributed by atoms with Gasteiger partial charge in [-0.05, 0) is 37.4 Å². The van der Waals surface area contributed by atoms with E-state index < -0.39 is 0 Å². The number of oxazole rings is 1. The minimum Gasteiger partial charge on any atom is -0.444 e. The zero-order valence-electron chi connectivity index (χ0n) is 14.0. The number of benzene rings is 1. The number of amides is 1. The quantitative estimate of drug-likeness (QED) is 0.769. The Kier molecular flexibility index (Phi) is 7.81. The van der Waals surface area contributed by atoms with Crippen LogP contribution in [0.4, 0.5) is 0 Å². The molecule has 0 bridgehead atoms. The Labute approximate surface area is 158 Å². The Morgan fingerprint density at radius 2 is 2.12 bits per heavy atom. The molecule has 3 rings (SSSR count). The molecule has 1 saturated carbocycles.